The van der Waals surface area contributed by atoms with Crippen LogP contribution in [0.25, 0.3) is 0 Å². The van der Waals surface area contributed by atoms with Gasteiger partial charge in [-0.15, -0.1) is 5.10 Å². The van der Waals surface area contributed by atoms with Crippen molar-refractivity contribution in [3.63, 3.8) is 0 Å². The minimum atomic E-state index is 0.0734. The fraction of sp³-hybridized carbons (Fsp3) is 0.667. The maximum absolute atomic E-state index is 11.0. The third-order valence-electron chi connectivity index (χ3n) is 1.97. The van der Waals surface area contributed by atoms with E-state index in [0.29, 0.717) is 19.6 Å². The molecule has 6 nitrogen and oxygen atoms in total. The molecule has 0 spiro atoms. The van der Waals surface area contributed by atoms with Crippen LogP contribution in [0.15, 0.2) is 0 Å². The first-order valence-electron chi connectivity index (χ1n) is 3.78. The Morgan fingerprint density at radius 3 is 3.08 bits per heavy atom. The molecule has 2 heterocycles. The molecule has 1 aromatic rings. The summed E-state index contributed by atoms with van der Waals surface area (Å²) in [5.41, 5.74) is 0. The minimum absolute atomic E-state index is 0.0734. The largest absolute Gasteiger partial charge is 0.333 e. The number of rotatable bonds is 0. The molecule has 1 aliphatic rings. The van der Waals surface area contributed by atoms with Gasteiger partial charge in [-0.1, -0.05) is 0 Å². The van der Waals surface area contributed by atoms with Gasteiger partial charge in [-0.2, -0.15) is 0 Å². The normalized spacial score (nSPS) is 15.9. The molecular formula is C6H9N5O. The number of hydrogen-bond donors (Lipinski definition) is 0. The van der Waals surface area contributed by atoms with Gasteiger partial charge >= 0.3 is 0 Å². The molecule has 0 N–H and O–H groups in total. The van der Waals surface area contributed by atoms with Crippen LogP contribution in [0.4, 0.5) is 0 Å². The van der Waals surface area contributed by atoms with Crippen molar-refractivity contribution < 1.29 is 4.79 Å². The summed E-state index contributed by atoms with van der Waals surface area (Å²) in [4.78, 5) is 12.7. The molecule has 0 unspecified atom stereocenters. The minimum Gasteiger partial charge on any atom is -0.333 e. The van der Waals surface area contributed by atoms with Crippen LogP contribution in [0.2, 0.25) is 0 Å². The van der Waals surface area contributed by atoms with E-state index in [0.717, 1.165) is 5.82 Å². The Balaban J connectivity index is 2.20. The number of hydrogen-bond acceptors (Lipinski definition) is 4. The van der Waals surface area contributed by atoms with Gasteiger partial charge < -0.3 is 4.90 Å². The third kappa shape index (κ3) is 1.05. The summed E-state index contributed by atoms with van der Waals surface area (Å²) < 4.78 is 1.72. The standard InChI is InChI=1S/C6H9N5O/c1-5(12)10-2-3-11-6(4-10)7-8-9-11/h2-4H2,1H3. The van der Waals surface area contributed by atoms with Crippen LogP contribution in [0, 0.1) is 0 Å². The number of fused-ring (bicyclic) bond motifs is 1. The summed E-state index contributed by atoms with van der Waals surface area (Å²) in [5.74, 6) is 0.834. The molecule has 64 valence electrons. The fourth-order valence-electron chi connectivity index (χ4n) is 1.24. The van der Waals surface area contributed by atoms with E-state index in [1.54, 1.807) is 16.5 Å². The lowest BCUT2D eigenvalue weighted by atomic mass is 10.3. The lowest BCUT2D eigenvalue weighted by Gasteiger charge is -2.24. The van der Waals surface area contributed by atoms with Gasteiger partial charge in [0.25, 0.3) is 0 Å². The topological polar surface area (TPSA) is 63.9 Å². The molecule has 0 saturated carbocycles. The molecule has 1 aliphatic heterocycles. The molecule has 1 aromatic heterocycles. The number of amides is 1. The maximum atomic E-state index is 11.0. The first kappa shape index (κ1) is 7.20. The van der Waals surface area contributed by atoms with Crippen molar-refractivity contribution in [2.45, 2.75) is 20.0 Å². The molecule has 1 amide bonds. The van der Waals surface area contributed by atoms with Crippen molar-refractivity contribution >= 4 is 5.91 Å². The van der Waals surface area contributed by atoms with E-state index in [1.165, 1.54) is 0 Å². The van der Waals surface area contributed by atoms with Gasteiger partial charge in [0.15, 0.2) is 5.82 Å². The van der Waals surface area contributed by atoms with Crippen molar-refractivity contribution in [2.75, 3.05) is 6.54 Å². The number of carbonyl (C=O) groups is 1. The van der Waals surface area contributed by atoms with Gasteiger partial charge in [0.05, 0.1) is 13.1 Å². The van der Waals surface area contributed by atoms with Gasteiger partial charge in [0.1, 0.15) is 0 Å². The Bertz CT molecular complexity index is 307. The molecule has 6 heteroatoms. The van der Waals surface area contributed by atoms with Crippen molar-refractivity contribution in [3.8, 4) is 0 Å². The summed E-state index contributed by atoms with van der Waals surface area (Å²) in [7, 11) is 0. The van der Waals surface area contributed by atoms with E-state index in [4.69, 9.17) is 0 Å². The van der Waals surface area contributed by atoms with Gasteiger partial charge in [0, 0.05) is 13.5 Å². The van der Waals surface area contributed by atoms with Crippen molar-refractivity contribution in [1.29, 1.82) is 0 Å². The van der Waals surface area contributed by atoms with Crippen LogP contribution >= 0.6 is 0 Å². The summed E-state index contributed by atoms with van der Waals surface area (Å²) in [6.45, 7) is 3.48. The molecule has 0 aromatic carbocycles. The van der Waals surface area contributed by atoms with Crippen LogP contribution in [-0.2, 0) is 17.9 Å². The molecule has 0 fully saturated rings. The van der Waals surface area contributed by atoms with Crippen LogP contribution in [0.1, 0.15) is 12.7 Å². The summed E-state index contributed by atoms with van der Waals surface area (Å²) in [6, 6.07) is 0. The zero-order chi connectivity index (χ0) is 8.55. The number of aromatic nitrogens is 4. The maximum Gasteiger partial charge on any atom is 0.219 e. The number of tetrazole rings is 1. The van der Waals surface area contributed by atoms with E-state index in [9.17, 15) is 4.79 Å². The highest BCUT2D eigenvalue weighted by Gasteiger charge is 2.19. The molecule has 0 radical (unpaired) electrons. The molecule has 2 rings (SSSR count). The highest BCUT2D eigenvalue weighted by molar-refractivity contribution is 5.73. The zero-order valence-electron chi connectivity index (χ0n) is 6.77. The van der Waals surface area contributed by atoms with Crippen molar-refractivity contribution in [3.05, 3.63) is 5.82 Å². The Labute approximate surface area is 69.2 Å². The lowest BCUT2D eigenvalue weighted by Crippen LogP contribution is -2.37. The van der Waals surface area contributed by atoms with E-state index in [1.807, 2.05) is 0 Å². The van der Waals surface area contributed by atoms with Gasteiger partial charge in [-0.25, -0.2) is 4.68 Å². The zero-order valence-corrected chi connectivity index (χ0v) is 6.77. The molecule has 0 aliphatic carbocycles. The average molecular weight is 167 g/mol. The van der Waals surface area contributed by atoms with Crippen LogP contribution < -0.4 is 0 Å². The monoisotopic (exact) mass is 167 g/mol. The Kier molecular flexibility index (Phi) is 1.53. The second kappa shape index (κ2) is 2.54. The first-order valence-corrected chi connectivity index (χ1v) is 3.78. The van der Waals surface area contributed by atoms with Crippen LogP contribution in [0.5, 0.6) is 0 Å². The highest BCUT2D eigenvalue weighted by atomic mass is 16.2. The summed E-state index contributed by atoms with van der Waals surface area (Å²) in [5, 5.41) is 11.1. The van der Waals surface area contributed by atoms with Crippen LogP contribution in [-0.4, -0.2) is 37.6 Å². The Morgan fingerprint density at radius 2 is 2.33 bits per heavy atom. The summed E-state index contributed by atoms with van der Waals surface area (Å²) in [6.07, 6.45) is 0. The predicted molar refractivity (Wildman–Crippen MR) is 38.9 cm³/mol. The Hall–Kier alpha value is -1.46. The Morgan fingerprint density at radius 1 is 1.50 bits per heavy atom. The van der Waals surface area contributed by atoms with Gasteiger partial charge in [0.2, 0.25) is 5.91 Å². The fourth-order valence-corrected chi connectivity index (χ4v) is 1.24. The van der Waals surface area contributed by atoms with E-state index < -0.39 is 0 Å². The van der Waals surface area contributed by atoms with E-state index in [-0.39, 0.29) is 5.91 Å². The lowest BCUT2D eigenvalue weighted by molar-refractivity contribution is -0.130. The molecule has 0 bridgehead atoms. The average Bonchev–Trinajstić information content (AvgIpc) is 2.49. The van der Waals surface area contributed by atoms with Crippen LogP contribution in [0.3, 0.4) is 0 Å². The molecule has 12 heavy (non-hydrogen) atoms. The van der Waals surface area contributed by atoms with E-state index in [2.05, 4.69) is 15.5 Å². The molecule has 0 atom stereocenters. The highest BCUT2D eigenvalue weighted by Crippen LogP contribution is 2.06. The second-order valence-corrected chi connectivity index (χ2v) is 2.76. The molecular weight excluding hydrogens is 158 g/mol. The first-order chi connectivity index (χ1) is 5.77. The van der Waals surface area contributed by atoms with Gasteiger partial charge in [-0.3, -0.25) is 4.79 Å². The summed E-state index contributed by atoms with van der Waals surface area (Å²) >= 11 is 0. The smallest absolute Gasteiger partial charge is 0.219 e. The molecule has 0 saturated heterocycles. The van der Waals surface area contributed by atoms with Gasteiger partial charge in [-0.05, 0) is 10.4 Å². The predicted octanol–water partition coefficient (Wildman–Crippen LogP) is -0.965. The SMILES string of the molecule is CC(=O)N1CCn2nnnc2C1. The second-order valence-electron chi connectivity index (χ2n) is 2.76. The third-order valence-corrected chi connectivity index (χ3v) is 1.97. The van der Waals surface area contributed by atoms with Crippen molar-refractivity contribution in [1.82, 2.24) is 25.1 Å². The quantitative estimate of drug-likeness (QED) is 0.499. The number of nitrogens with zero attached hydrogens (tertiary/aromatic N) is 5. The van der Waals surface area contributed by atoms with Crippen molar-refractivity contribution in [2.24, 2.45) is 0 Å². The van der Waals surface area contributed by atoms with E-state index >= 15 is 0 Å². The number of carbonyl (C=O) groups excluding carboxylic acids is 1.